The highest BCUT2D eigenvalue weighted by atomic mass is 19.4. The molecule has 2 aromatic carbocycles. The third-order valence-corrected chi connectivity index (χ3v) is 4.08. The molecule has 0 spiro atoms. The molecule has 0 unspecified atom stereocenters. The maximum Gasteiger partial charge on any atom is 0.416 e. The zero-order valence-corrected chi connectivity index (χ0v) is 15.6. The molecule has 0 aliphatic carbocycles. The van der Waals surface area contributed by atoms with Crippen molar-refractivity contribution in [2.75, 3.05) is 21.3 Å². The van der Waals surface area contributed by atoms with E-state index in [0.29, 0.717) is 29.2 Å². The van der Waals surface area contributed by atoms with Crippen LogP contribution in [0.1, 0.15) is 27.0 Å². The van der Waals surface area contributed by atoms with E-state index < -0.39 is 35.0 Å². The van der Waals surface area contributed by atoms with Gasteiger partial charge in [-0.15, -0.1) is 0 Å². The number of rotatable bonds is 5. The third kappa shape index (κ3) is 5.33. The molecule has 0 atom stereocenters. The molecule has 2 aromatic rings. The molecular weight excluding hydrogens is 404 g/mol. The van der Waals surface area contributed by atoms with E-state index in [1.807, 2.05) is 0 Å². The lowest BCUT2D eigenvalue weighted by atomic mass is 10.0. The molecule has 0 aromatic heterocycles. The highest BCUT2D eigenvalue weighted by Crippen LogP contribution is 2.36. The minimum absolute atomic E-state index is 0.0245. The lowest BCUT2D eigenvalue weighted by Gasteiger charge is -2.21. The molecule has 10 heteroatoms. The van der Waals surface area contributed by atoms with E-state index in [4.69, 9.17) is 9.47 Å². The number of carbonyl (C=O) groups is 1. The summed E-state index contributed by atoms with van der Waals surface area (Å²) in [4.78, 5) is 13.6. The molecule has 0 saturated heterocycles. The van der Waals surface area contributed by atoms with Gasteiger partial charge in [-0.25, -0.2) is 0 Å². The number of nitrogens with zero attached hydrogens (tertiary/aromatic N) is 1. The second kappa shape index (κ2) is 8.22. The number of methoxy groups -OCH3 is 2. The maximum absolute atomic E-state index is 13.0. The average molecular weight is 421 g/mol. The van der Waals surface area contributed by atoms with Crippen LogP contribution in [0.5, 0.6) is 11.5 Å². The fourth-order valence-corrected chi connectivity index (χ4v) is 2.61. The first-order chi connectivity index (χ1) is 13.4. The number of ether oxygens (including phenoxy) is 2. The Morgan fingerprint density at radius 1 is 0.897 bits per heavy atom. The van der Waals surface area contributed by atoms with Gasteiger partial charge < -0.3 is 14.4 Å². The molecule has 1 amide bonds. The molecular formula is C19H17F6NO3. The summed E-state index contributed by atoms with van der Waals surface area (Å²) in [5, 5.41) is 0. The number of hydrogen-bond acceptors (Lipinski definition) is 3. The SMILES string of the molecule is COc1ccc(CN(C)C(=O)c2cc(C(F)(F)F)cc(C(F)(F)F)c2)c(OC)c1. The second-order valence-electron chi connectivity index (χ2n) is 6.13. The van der Waals surface area contributed by atoms with Gasteiger partial charge in [-0.1, -0.05) is 0 Å². The van der Waals surface area contributed by atoms with E-state index in [2.05, 4.69) is 0 Å². The van der Waals surface area contributed by atoms with Crippen LogP contribution in [-0.4, -0.2) is 32.1 Å². The molecule has 0 radical (unpaired) electrons. The Bertz CT molecular complexity index is 860. The van der Waals surface area contributed by atoms with Crippen molar-refractivity contribution < 1.29 is 40.6 Å². The Hall–Kier alpha value is -2.91. The van der Waals surface area contributed by atoms with Crippen molar-refractivity contribution in [3.8, 4) is 11.5 Å². The maximum atomic E-state index is 13.0. The number of carbonyl (C=O) groups excluding carboxylic acids is 1. The molecule has 29 heavy (non-hydrogen) atoms. The van der Waals surface area contributed by atoms with Crippen LogP contribution in [0.15, 0.2) is 36.4 Å². The molecule has 0 N–H and O–H groups in total. The highest BCUT2D eigenvalue weighted by Gasteiger charge is 2.37. The van der Waals surface area contributed by atoms with Crippen molar-refractivity contribution in [2.45, 2.75) is 18.9 Å². The summed E-state index contributed by atoms with van der Waals surface area (Å²) in [6.45, 7) is -0.108. The van der Waals surface area contributed by atoms with Gasteiger partial charge in [0.15, 0.2) is 0 Å². The summed E-state index contributed by atoms with van der Waals surface area (Å²) in [6, 6.07) is 5.48. The van der Waals surface area contributed by atoms with E-state index >= 15 is 0 Å². The summed E-state index contributed by atoms with van der Waals surface area (Å²) in [5.74, 6) is -0.171. The van der Waals surface area contributed by atoms with E-state index in [9.17, 15) is 31.1 Å². The lowest BCUT2D eigenvalue weighted by molar-refractivity contribution is -0.143. The minimum Gasteiger partial charge on any atom is -0.497 e. The van der Waals surface area contributed by atoms with Crippen LogP contribution in [0.4, 0.5) is 26.3 Å². The molecule has 2 rings (SSSR count). The van der Waals surface area contributed by atoms with Crippen molar-refractivity contribution in [1.29, 1.82) is 0 Å². The zero-order chi connectivity index (χ0) is 22.0. The van der Waals surface area contributed by atoms with E-state index in [0.717, 1.165) is 4.90 Å². The predicted molar refractivity (Wildman–Crippen MR) is 91.8 cm³/mol. The first kappa shape index (κ1) is 22.4. The van der Waals surface area contributed by atoms with Gasteiger partial charge in [0.2, 0.25) is 0 Å². The number of amides is 1. The molecule has 0 bridgehead atoms. The Labute approximate surface area is 162 Å². The van der Waals surface area contributed by atoms with Crippen molar-refractivity contribution in [3.05, 3.63) is 58.7 Å². The van der Waals surface area contributed by atoms with Crippen molar-refractivity contribution in [3.63, 3.8) is 0 Å². The van der Waals surface area contributed by atoms with Crippen molar-refractivity contribution in [2.24, 2.45) is 0 Å². The summed E-state index contributed by atoms with van der Waals surface area (Å²) in [6.07, 6.45) is -10.1. The van der Waals surface area contributed by atoms with Gasteiger partial charge >= 0.3 is 12.4 Å². The molecule has 4 nitrogen and oxygen atoms in total. The lowest BCUT2D eigenvalue weighted by Crippen LogP contribution is -2.27. The van der Waals surface area contributed by atoms with Gasteiger partial charge in [0, 0.05) is 30.8 Å². The fourth-order valence-electron chi connectivity index (χ4n) is 2.61. The minimum atomic E-state index is -5.03. The van der Waals surface area contributed by atoms with Gasteiger partial charge in [0.1, 0.15) is 11.5 Å². The summed E-state index contributed by atoms with van der Waals surface area (Å²) in [5.41, 5.74) is -3.33. The number of halogens is 6. The zero-order valence-electron chi connectivity index (χ0n) is 15.6. The third-order valence-electron chi connectivity index (χ3n) is 4.08. The largest absolute Gasteiger partial charge is 0.497 e. The second-order valence-corrected chi connectivity index (χ2v) is 6.13. The van der Waals surface area contributed by atoms with Crippen LogP contribution < -0.4 is 9.47 Å². The highest BCUT2D eigenvalue weighted by molar-refractivity contribution is 5.94. The van der Waals surface area contributed by atoms with Gasteiger partial charge in [-0.2, -0.15) is 26.3 Å². The topological polar surface area (TPSA) is 38.8 Å². The summed E-state index contributed by atoms with van der Waals surface area (Å²) < 4.78 is 88.2. The quantitative estimate of drug-likeness (QED) is 0.637. The Kier molecular flexibility index (Phi) is 6.34. The monoisotopic (exact) mass is 421 g/mol. The number of alkyl halides is 6. The fraction of sp³-hybridized carbons (Fsp3) is 0.316. The van der Waals surface area contributed by atoms with Crippen LogP contribution in [0.2, 0.25) is 0 Å². The van der Waals surface area contributed by atoms with Crippen LogP contribution >= 0.6 is 0 Å². The summed E-state index contributed by atoms with van der Waals surface area (Å²) in [7, 11) is 4.08. The smallest absolute Gasteiger partial charge is 0.416 e. The Balaban J connectivity index is 2.38. The van der Waals surface area contributed by atoms with E-state index in [-0.39, 0.29) is 12.6 Å². The Morgan fingerprint density at radius 3 is 1.90 bits per heavy atom. The molecule has 0 fully saturated rings. The standard InChI is InChI=1S/C19H17F6NO3/c1-26(10-11-4-5-15(28-2)9-16(11)29-3)17(27)12-6-13(18(20,21)22)8-14(7-12)19(23,24)25/h4-9H,10H2,1-3H3. The number of benzene rings is 2. The molecule has 0 heterocycles. The first-order valence-electron chi connectivity index (χ1n) is 8.12. The van der Waals surface area contributed by atoms with Gasteiger partial charge in [-0.3, -0.25) is 4.79 Å². The summed E-state index contributed by atoms with van der Waals surface area (Å²) >= 11 is 0. The van der Waals surface area contributed by atoms with Crippen LogP contribution in [0.25, 0.3) is 0 Å². The molecule has 0 aliphatic heterocycles. The van der Waals surface area contributed by atoms with Crippen molar-refractivity contribution in [1.82, 2.24) is 4.90 Å². The van der Waals surface area contributed by atoms with Crippen LogP contribution in [0, 0.1) is 0 Å². The van der Waals surface area contributed by atoms with Crippen LogP contribution in [0.3, 0.4) is 0 Å². The average Bonchev–Trinajstić information content (AvgIpc) is 2.65. The van der Waals surface area contributed by atoms with Crippen LogP contribution in [-0.2, 0) is 18.9 Å². The van der Waals surface area contributed by atoms with Gasteiger partial charge in [-0.05, 0) is 30.3 Å². The van der Waals surface area contributed by atoms with Gasteiger partial charge in [0.05, 0.1) is 25.3 Å². The molecule has 158 valence electrons. The van der Waals surface area contributed by atoms with Gasteiger partial charge in [0.25, 0.3) is 5.91 Å². The van der Waals surface area contributed by atoms with Crippen molar-refractivity contribution >= 4 is 5.91 Å². The van der Waals surface area contributed by atoms with E-state index in [1.165, 1.54) is 21.3 Å². The van der Waals surface area contributed by atoms with E-state index in [1.54, 1.807) is 18.2 Å². The molecule has 0 saturated carbocycles. The number of hydrogen-bond donors (Lipinski definition) is 0. The predicted octanol–water partition coefficient (Wildman–Crippen LogP) is 5.01. The first-order valence-corrected chi connectivity index (χ1v) is 8.12. The normalized spacial score (nSPS) is 11.9. The Morgan fingerprint density at radius 2 is 1.45 bits per heavy atom. The molecule has 0 aliphatic rings.